The smallest absolute Gasteiger partial charge is 0.267 e. The zero-order chi connectivity index (χ0) is 19.7. The van der Waals surface area contributed by atoms with E-state index in [4.69, 9.17) is 12.2 Å². The van der Waals surface area contributed by atoms with E-state index in [1.165, 1.54) is 17.0 Å². The first-order chi connectivity index (χ1) is 13.6. The maximum Gasteiger partial charge on any atom is 0.267 e. The molecule has 0 saturated heterocycles. The van der Waals surface area contributed by atoms with Crippen molar-refractivity contribution < 1.29 is 4.79 Å². The van der Waals surface area contributed by atoms with Crippen LogP contribution in [-0.2, 0) is 0 Å². The summed E-state index contributed by atoms with van der Waals surface area (Å²) in [6, 6.07) is 18.2. The lowest BCUT2D eigenvalue weighted by Crippen LogP contribution is -2.38. The van der Waals surface area contributed by atoms with Gasteiger partial charge in [-0.15, -0.1) is 0 Å². The van der Waals surface area contributed by atoms with Gasteiger partial charge in [-0.25, -0.2) is 0 Å². The van der Waals surface area contributed by atoms with E-state index in [0.29, 0.717) is 8.83 Å². The van der Waals surface area contributed by atoms with Crippen LogP contribution in [0.2, 0.25) is 0 Å². The van der Waals surface area contributed by atoms with E-state index >= 15 is 0 Å². The summed E-state index contributed by atoms with van der Waals surface area (Å²) in [4.78, 5) is 15.6. The number of thiazole rings is 1. The molecule has 0 spiro atoms. The van der Waals surface area contributed by atoms with Gasteiger partial charge in [0.15, 0.2) is 3.95 Å². The van der Waals surface area contributed by atoms with Crippen LogP contribution in [0.25, 0.3) is 5.69 Å². The lowest BCUT2D eigenvalue weighted by Gasteiger charge is -2.28. The summed E-state index contributed by atoms with van der Waals surface area (Å²) in [5.41, 5.74) is 3.13. The highest BCUT2D eigenvalue weighted by Crippen LogP contribution is 2.34. The number of hydrogen-bond donors (Lipinski definition) is 2. The van der Waals surface area contributed by atoms with Gasteiger partial charge in [-0.3, -0.25) is 9.36 Å². The van der Waals surface area contributed by atoms with E-state index in [-0.39, 0.29) is 12.1 Å². The molecule has 1 aliphatic heterocycles. The number of hydrogen-bond acceptors (Lipinski definition) is 5. The number of anilines is 2. The van der Waals surface area contributed by atoms with Crippen LogP contribution in [0.3, 0.4) is 0 Å². The van der Waals surface area contributed by atoms with Crippen LogP contribution in [0.4, 0.5) is 11.5 Å². The van der Waals surface area contributed by atoms with Gasteiger partial charge in [-0.05, 0) is 55.9 Å². The summed E-state index contributed by atoms with van der Waals surface area (Å²) < 4.78 is 2.59. The number of amides is 1. The van der Waals surface area contributed by atoms with Crippen LogP contribution in [0, 0.1) is 3.95 Å². The molecule has 0 aliphatic carbocycles. The fourth-order valence-electron chi connectivity index (χ4n) is 3.47. The number of aromatic nitrogens is 1. The number of fused-ring (bicyclic) bond motifs is 1. The van der Waals surface area contributed by atoms with E-state index in [0.717, 1.165) is 30.2 Å². The van der Waals surface area contributed by atoms with E-state index in [1.807, 2.05) is 34.9 Å². The Bertz CT molecular complexity index is 1040. The maximum atomic E-state index is 12.7. The van der Waals surface area contributed by atoms with Crippen molar-refractivity contribution in [3.05, 3.63) is 69.0 Å². The second kappa shape index (κ2) is 7.77. The largest absolute Gasteiger partial charge is 0.372 e. The normalized spacial score (nSPS) is 15.5. The van der Waals surface area contributed by atoms with Gasteiger partial charge in [0, 0.05) is 24.5 Å². The van der Waals surface area contributed by atoms with Crippen molar-refractivity contribution >= 4 is 41.0 Å². The predicted octanol–water partition coefficient (Wildman–Crippen LogP) is 4.97. The van der Waals surface area contributed by atoms with Gasteiger partial charge >= 0.3 is 0 Å². The summed E-state index contributed by atoms with van der Waals surface area (Å²) in [5.74, 6) is 0.653. The minimum absolute atomic E-state index is 0.0997. The number of rotatable bonds is 5. The van der Waals surface area contributed by atoms with Gasteiger partial charge in [0.25, 0.3) is 5.91 Å². The van der Waals surface area contributed by atoms with Crippen LogP contribution in [-0.4, -0.2) is 23.6 Å². The molecule has 0 bridgehead atoms. The molecular weight excluding hydrogens is 388 g/mol. The Morgan fingerprint density at radius 2 is 1.71 bits per heavy atom. The number of para-hydroxylation sites is 1. The third kappa shape index (κ3) is 3.31. The van der Waals surface area contributed by atoms with E-state index in [2.05, 4.69) is 53.6 Å². The number of carbonyl (C=O) groups is 1. The topological polar surface area (TPSA) is 49.3 Å². The molecule has 3 aromatic rings. The highest BCUT2D eigenvalue weighted by atomic mass is 32.1. The molecule has 1 atom stereocenters. The summed E-state index contributed by atoms with van der Waals surface area (Å²) in [5, 5.41) is 6.51. The molecule has 2 N–H and O–H groups in total. The van der Waals surface area contributed by atoms with Crippen LogP contribution in [0.1, 0.15) is 35.2 Å². The first kappa shape index (κ1) is 18.7. The highest BCUT2D eigenvalue weighted by molar-refractivity contribution is 7.73. The second-order valence-corrected chi connectivity index (χ2v) is 8.18. The van der Waals surface area contributed by atoms with Crippen molar-refractivity contribution in [1.29, 1.82) is 0 Å². The number of carbonyl (C=O) groups excluding carboxylic acids is 1. The van der Waals surface area contributed by atoms with Crippen LogP contribution >= 0.6 is 23.6 Å². The minimum atomic E-state index is -0.301. The highest BCUT2D eigenvalue weighted by Gasteiger charge is 2.29. The summed E-state index contributed by atoms with van der Waals surface area (Å²) >= 11 is 6.87. The van der Waals surface area contributed by atoms with E-state index < -0.39 is 0 Å². The van der Waals surface area contributed by atoms with Crippen molar-refractivity contribution in [3.8, 4) is 5.69 Å². The molecule has 1 aliphatic rings. The van der Waals surface area contributed by atoms with Crippen molar-refractivity contribution in [3.63, 3.8) is 0 Å². The van der Waals surface area contributed by atoms with Gasteiger partial charge in [-0.2, -0.15) is 0 Å². The maximum absolute atomic E-state index is 12.7. The molecule has 0 radical (unpaired) electrons. The monoisotopic (exact) mass is 410 g/mol. The molecular formula is C21H22N4OS2. The van der Waals surface area contributed by atoms with Crippen molar-refractivity contribution in [2.24, 2.45) is 0 Å². The molecule has 0 saturated carbocycles. The first-order valence-corrected chi connectivity index (χ1v) is 10.6. The Kier molecular flexibility index (Phi) is 5.19. The lowest BCUT2D eigenvalue weighted by atomic mass is 10.1. The zero-order valence-corrected chi connectivity index (χ0v) is 17.4. The number of benzene rings is 2. The van der Waals surface area contributed by atoms with E-state index in [1.54, 1.807) is 0 Å². The van der Waals surface area contributed by atoms with Gasteiger partial charge in [0.2, 0.25) is 0 Å². The number of nitrogens with zero attached hydrogens (tertiary/aromatic N) is 2. The van der Waals surface area contributed by atoms with Crippen LogP contribution in [0.5, 0.6) is 0 Å². The third-order valence-electron chi connectivity index (χ3n) is 4.94. The molecule has 144 valence electrons. The Morgan fingerprint density at radius 1 is 1.04 bits per heavy atom. The van der Waals surface area contributed by atoms with Crippen molar-refractivity contribution in [2.75, 3.05) is 23.3 Å². The quantitative estimate of drug-likeness (QED) is 0.583. The lowest BCUT2D eigenvalue weighted by molar-refractivity contribution is 0.0939. The Balaban J connectivity index is 1.68. The first-order valence-electron chi connectivity index (χ1n) is 9.36. The van der Waals surface area contributed by atoms with E-state index in [9.17, 15) is 4.79 Å². The summed E-state index contributed by atoms with van der Waals surface area (Å²) in [6.45, 7) is 6.22. The molecule has 0 fully saturated rings. The zero-order valence-electron chi connectivity index (χ0n) is 15.8. The average molecular weight is 411 g/mol. The van der Waals surface area contributed by atoms with Gasteiger partial charge in [0.05, 0.1) is 0 Å². The predicted molar refractivity (Wildman–Crippen MR) is 118 cm³/mol. The Labute approximate surface area is 173 Å². The molecule has 4 rings (SSSR count). The Hall–Kier alpha value is -2.64. The molecule has 7 heteroatoms. The standard InChI is InChI=1S/C21H22N4OS2/c1-3-24(4-2)15-12-10-14(11-13-15)18-22-19-17(20(26)23-18)28-21(27)25(19)16-8-6-5-7-9-16/h5-13,18,22H,3-4H2,1-2H3,(H,23,26)/t18-/m0/s1. The van der Waals surface area contributed by atoms with Gasteiger partial charge in [-0.1, -0.05) is 41.7 Å². The summed E-state index contributed by atoms with van der Waals surface area (Å²) in [7, 11) is 0. The third-order valence-corrected chi connectivity index (χ3v) is 6.32. The fourth-order valence-corrected chi connectivity index (χ4v) is 4.78. The molecule has 1 aromatic heterocycles. The van der Waals surface area contributed by atoms with Gasteiger partial charge < -0.3 is 15.5 Å². The molecule has 2 heterocycles. The molecule has 2 aromatic carbocycles. The van der Waals surface area contributed by atoms with Crippen molar-refractivity contribution in [1.82, 2.24) is 9.88 Å². The van der Waals surface area contributed by atoms with Crippen LogP contribution in [0.15, 0.2) is 54.6 Å². The molecule has 28 heavy (non-hydrogen) atoms. The average Bonchev–Trinajstić information content (AvgIpc) is 3.06. The van der Waals surface area contributed by atoms with Crippen LogP contribution < -0.4 is 15.5 Å². The molecule has 0 unspecified atom stereocenters. The van der Waals surface area contributed by atoms with Gasteiger partial charge in [0.1, 0.15) is 16.9 Å². The van der Waals surface area contributed by atoms with Crippen molar-refractivity contribution in [2.45, 2.75) is 20.0 Å². The number of nitrogens with one attached hydrogen (secondary N) is 2. The summed E-state index contributed by atoms with van der Waals surface area (Å²) in [6.07, 6.45) is -0.301. The SMILES string of the molecule is CCN(CC)c1ccc([C@@H]2NC(=O)c3sc(=S)n(-c4ccccc4)c3N2)cc1. The fraction of sp³-hybridized carbons (Fsp3) is 0.238. The minimum Gasteiger partial charge on any atom is -0.372 e. The Morgan fingerprint density at radius 3 is 2.36 bits per heavy atom. The molecule has 1 amide bonds. The molecule has 5 nitrogen and oxygen atoms in total. The second-order valence-electron chi connectivity index (χ2n) is 6.53.